The lowest BCUT2D eigenvalue weighted by Gasteiger charge is -2.29. The van der Waals surface area contributed by atoms with E-state index in [0.29, 0.717) is 17.6 Å². The lowest BCUT2D eigenvalue weighted by atomic mass is 9.87. The maximum atomic E-state index is 6.36. The van der Waals surface area contributed by atoms with Crippen LogP contribution >= 0.6 is 35.7 Å². The predicted molar refractivity (Wildman–Crippen MR) is 302 cm³/mol. The van der Waals surface area contributed by atoms with Crippen LogP contribution < -0.4 is 37.8 Å². The first-order valence-electron chi connectivity index (χ1n) is 23.4. The molecule has 70 heavy (non-hydrogen) atoms. The quantitative estimate of drug-likeness (QED) is 0.127. The molecule has 0 aromatic heterocycles. The lowest BCUT2D eigenvalue weighted by Crippen LogP contribution is -2.13. The second kappa shape index (κ2) is 24.4. The largest absolute Gasteiger partial charge is 0.530 e. The molecule has 3 atom stereocenters. The third kappa shape index (κ3) is 14.0. The Hall–Kier alpha value is -5.72. The molecule has 1 aliphatic heterocycles. The molecule has 0 amide bonds. The minimum absolute atomic E-state index is 0.163. The fraction of sp³-hybridized carbons (Fsp3) is 0.200. The van der Waals surface area contributed by atoms with Crippen LogP contribution in [-0.2, 0) is 0 Å². The van der Waals surface area contributed by atoms with Crippen LogP contribution in [0.5, 0.6) is 34.5 Å². The van der Waals surface area contributed by atoms with Crippen molar-refractivity contribution in [3.8, 4) is 45.6 Å². The van der Waals surface area contributed by atoms with Crippen molar-refractivity contribution in [2.75, 3.05) is 0 Å². The summed E-state index contributed by atoms with van der Waals surface area (Å²) in [7, 11) is 1.20. The molecule has 6 nitrogen and oxygen atoms in total. The Labute approximate surface area is 423 Å². The first-order valence-corrected chi connectivity index (χ1v) is 26.8. The van der Waals surface area contributed by atoms with Crippen molar-refractivity contribution in [1.29, 1.82) is 0 Å². The zero-order chi connectivity index (χ0) is 49.9. The van der Waals surface area contributed by atoms with Crippen LogP contribution in [-0.4, -0.2) is 0 Å². The molecule has 0 fully saturated rings. The molecule has 360 valence electrons. The fourth-order valence-electron chi connectivity index (χ4n) is 8.26. The summed E-state index contributed by atoms with van der Waals surface area (Å²) in [4.78, 5) is 0. The number of fused-ring (bicyclic) bond motifs is 2. The van der Waals surface area contributed by atoms with E-state index in [9.17, 15) is 0 Å². The number of aryl methyl sites for hydroxylation is 10. The standard InChI is InChI=1S/C28H28O2P2.C24H25O3P.C8H11OP/c1-19-5-15-27(21(3)17-19)29-31-25-11-7-23(8-12-25)24-9-13-26(14-10-24)32-30-28-16-6-20(2)18-22(28)4;1-15-11-17(3)23-21(13-15)19(5)22-14-16(2)12-18(4)24(22)27-28(26-23)25-20-9-7-6-8-10-20;1-6-3-4-8(9-10)7(2)5-6/h5-18,31-32H,1-4H3;6-14,19H,1-5H3;3-5H,10H2,1-2H3. The highest BCUT2D eigenvalue weighted by Crippen LogP contribution is 2.52. The van der Waals surface area contributed by atoms with E-state index in [-0.39, 0.29) is 5.92 Å². The van der Waals surface area contributed by atoms with Crippen molar-refractivity contribution >= 4 is 46.3 Å². The van der Waals surface area contributed by atoms with Crippen LogP contribution in [0.15, 0.2) is 158 Å². The first-order chi connectivity index (χ1) is 33.6. The molecule has 0 radical (unpaired) electrons. The Morgan fingerprint density at radius 1 is 0.429 bits per heavy atom. The molecule has 8 aromatic carbocycles. The number of hydrogen-bond acceptors (Lipinski definition) is 6. The van der Waals surface area contributed by atoms with Gasteiger partial charge in [0.05, 0.1) is 9.47 Å². The van der Waals surface area contributed by atoms with Gasteiger partial charge in [-0.25, -0.2) is 0 Å². The Bertz CT molecular complexity index is 2870. The monoisotopic (exact) mass is 1000 g/mol. The fourth-order valence-corrected chi connectivity index (χ4v) is 11.2. The van der Waals surface area contributed by atoms with Crippen LogP contribution in [0.4, 0.5) is 0 Å². The predicted octanol–water partition coefficient (Wildman–Crippen LogP) is 16.8. The van der Waals surface area contributed by atoms with E-state index >= 15 is 0 Å². The van der Waals surface area contributed by atoms with E-state index in [1.54, 1.807) is 0 Å². The highest BCUT2D eigenvalue weighted by Gasteiger charge is 2.31. The van der Waals surface area contributed by atoms with Crippen LogP contribution in [0.3, 0.4) is 0 Å². The third-order valence-corrected chi connectivity index (χ3v) is 14.9. The summed E-state index contributed by atoms with van der Waals surface area (Å²) < 4.78 is 35.9. The van der Waals surface area contributed by atoms with Crippen LogP contribution in [0.2, 0.25) is 0 Å². The highest BCUT2D eigenvalue weighted by molar-refractivity contribution is 7.43. The van der Waals surface area contributed by atoms with Crippen molar-refractivity contribution in [2.45, 2.75) is 82.1 Å². The molecule has 0 saturated heterocycles. The van der Waals surface area contributed by atoms with E-state index in [4.69, 9.17) is 27.1 Å². The van der Waals surface area contributed by atoms with Crippen molar-refractivity contribution in [3.63, 3.8) is 0 Å². The Kier molecular flexibility index (Phi) is 18.2. The summed E-state index contributed by atoms with van der Waals surface area (Å²) in [6.07, 6.45) is 0. The van der Waals surface area contributed by atoms with Gasteiger partial charge in [-0.1, -0.05) is 162 Å². The summed E-state index contributed by atoms with van der Waals surface area (Å²) in [6.45, 7) is 23.1. The molecular formula is C60H64O6P4. The Balaban J connectivity index is 0.000000173. The zero-order valence-corrected chi connectivity index (χ0v) is 46.1. The minimum Gasteiger partial charge on any atom is -0.480 e. The molecule has 3 unspecified atom stereocenters. The van der Waals surface area contributed by atoms with Gasteiger partial charge in [0.15, 0.2) is 0 Å². The summed E-state index contributed by atoms with van der Waals surface area (Å²) >= 11 is 0. The van der Waals surface area contributed by atoms with Crippen molar-refractivity contribution in [1.82, 2.24) is 0 Å². The van der Waals surface area contributed by atoms with E-state index in [1.165, 1.54) is 77.4 Å². The molecule has 0 N–H and O–H groups in total. The zero-order valence-electron chi connectivity index (χ0n) is 42.1. The minimum atomic E-state index is -1.64. The molecule has 1 heterocycles. The van der Waals surface area contributed by atoms with E-state index in [1.807, 2.05) is 49.4 Å². The summed E-state index contributed by atoms with van der Waals surface area (Å²) in [6, 6.07) is 54.4. The van der Waals surface area contributed by atoms with E-state index in [2.05, 4.69) is 194 Å². The molecule has 10 heteroatoms. The topological polar surface area (TPSA) is 55.4 Å². The second-order valence-electron chi connectivity index (χ2n) is 18.0. The van der Waals surface area contributed by atoms with Gasteiger partial charge >= 0.3 is 8.60 Å². The van der Waals surface area contributed by atoms with Gasteiger partial charge in [-0.15, -0.1) is 0 Å². The molecule has 1 aliphatic rings. The number of hydrogen-bond donors (Lipinski definition) is 0. The van der Waals surface area contributed by atoms with Gasteiger partial charge < -0.3 is 27.1 Å². The molecule has 0 bridgehead atoms. The molecule has 9 rings (SSSR count). The van der Waals surface area contributed by atoms with Gasteiger partial charge in [0.1, 0.15) is 52.1 Å². The van der Waals surface area contributed by atoms with Gasteiger partial charge in [0.2, 0.25) is 0 Å². The van der Waals surface area contributed by atoms with Gasteiger partial charge in [-0.3, -0.25) is 0 Å². The van der Waals surface area contributed by atoms with Crippen LogP contribution in [0.25, 0.3) is 11.1 Å². The third-order valence-electron chi connectivity index (χ3n) is 11.9. The second-order valence-corrected chi connectivity index (χ2v) is 21.2. The van der Waals surface area contributed by atoms with Crippen molar-refractivity contribution in [2.24, 2.45) is 0 Å². The first kappa shape index (κ1) is 52.1. The number of para-hydroxylation sites is 1. The maximum absolute atomic E-state index is 6.36. The lowest BCUT2D eigenvalue weighted by molar-refractivity contribution is 0.376. The average Bonchev–Trinajstić information content (AvgIpc) is 3.33. The summed E-state index contributed by atoms with van der Waals surface area (Å²) in [5.74, 6) is 5.47. The smallest absolute Gasteiger partial charge is 0.480 e. The van der Waals surface area contributed by atoms with Gasteiger partial charge in [0.25, 0.3) is 0 Å². The molecule has 0 saturated carbocycles. The highest BCUT2D eigenvalue weighted by atomic mass is 31.2. The van der Waals surface area contributed by atoms with E-state index in [0.717, 1.165) is 45.6 Å². The van der Waals surface area contributed by atoms with Gasteiger partial charge in [-0.05, 0) is 139 Å². The van der Waals surface area contributed by atoms with E-state index < -0.39 is 8.60 Å². The number of rotatable bonds is 10. The normalized spacial score (nSPS) is 13.8. The summed E-state index contributed by atoms with van der Waals surface area (Å²) in [5, 5.41) is 2.38. The van der Waals surface area contributed by atoms with Gasteiger partial charge in [0, 0.05) is 27.7 Å². The maximum Gasteiger partial charge on any atom is 0.530 e. The molecule has 0 aliphatic carbocycles. The van der Waals surface area contributed by atoms with Crippen LogP contribution in [0, 0.1) is 69.2 Å². The van der Waals surface area contributed by atoms with Crippen molar-refractivity contribution in [3.05, 3.63) is 224 Å². The SMILES string of the molecule is Cc1cc(C)c2c(c1)C(C)c1cc(C)cc(C)c1OP(Oc1ccccc1)O2.Cc1ccc(OP)c(C)c1.Cc1ccc(OPc2ccc(-c3ccc(POc4ccc(C)cc4C)cc3)cc2)c(C)c1. The Morgan fingerprint density at radius 2 is 0.814 bits per heavy atom. The molecular weight excluding hydrogens is 941 g/mol. The van der Waals surface area contributed by atoms with Gasteiger partial charge in [-0.2, -0.15) is 0 Å². The Morgan fingerprint density at radius 3 is 1.20 bits per heavy atom. The molecule has 0 spiro atoms. The molecule has 8 aromatic rings. The summed E-state index contributed by atoms with van der Waals surface area (Å²) in [5.41, 5.74) is 16.7. The number of benzene rings is 8. The average molecular weight is 1010 g/mol. The van der Waals surface area contributed by atoms with Crippen LogP contribution in [0.1, 0.15) is 79.6 Å². The van der Waals surface area contributed by atoms with Crippen molar-refractivity contribution < 1.29 is 27.1 Å².